The van der Waals surface area contributed by atoms with Gasteiger partial charge in [0.25, 0.3) is 5.92 Å². The number of carbonyl (C=O) groups is 1. The molecule has 1 amide bonds. The van der Waals surface area contributed by atoms with Crippen molar-refractivity contribution < 1.29 is 31.1 Å². The number of nitrogens with zero attached hydrogens (tertiary/aromatic N) is 1. The second-order valence-corrected chi connectivity index (χ2v) is 13.1. The number of fused-ring (bicyclic) bond motifs is 2. The number of piperidine rings is 1. The molecule has 0 aromatic heterocycles. The first-order valence-corrected chi connectivity index (χ1v) is 15.4. The van der Waals surface area contributed by atoms with Crippen LogP contribution in [-0.2, 0) is 27.3 Å². The molecule has 2 fully saturated rings. The number of carbonyl (C=O) groups excluding carboxylic acids is 1. The van der Waals surface area contributed by atoms with Crippen LogP contribution in [0.2, 0.25) is 0 Å². The normalized spacial score (nSPS) is 21.5. The minimum atomic E-state index is -4.62. The Morgan fingerprint density at radius 3 is 2.32 bits per heavy atom. The molecule has 2 bridgehead atoms. The van der Waals surface area contributed by atoms with Crippen LogP contribution in [0, 0.1) is 5.82 Å². The number of hydrogen-bond acceptors (Lipinski definition) is 5. The molecule has 7 nitrogen and oxygen atoms in total. The van der Waals surface area contributed by atoms with E-state index in [4.69, 9.17) is 10.5 Å². The molecule has 3 N–H and O–H groups in total. The fourth-order valence-electron chi connectivity index (χ4n) is 5.55. The molecular formula is C29H29BrF3N3O4S. The average molecular weight is 653 g/mol. The molecule has 5 rings (SSSR count). The van der Waals surface area contributed by atoms with Crippen LogP contribution in [0.15, 0.2) is 82.2 Å². The van der Waals surface area contributed by atoms with Crippen LogP contribution >= 0.6 is 15.9 Å². The summed E-state index contributed by atoms with van der Waals surface area (Å²) in [6, 6.07) is 12.9. The molecule has 3 aromatic rings. The second kappa shape index (κ2) is 11.7. The summed E-state index contributed by atoms with van der Waals surface area (Å²) in [5.74, 6) is -5.11. The number of hydrogen-bond donors (Lipinski definition) is 2. The minimum absolute atomic E-state index is 0.0276. The van der Waals surface area contributed by atoms with Crippen molar-refractivity contribution in [2.75, 3.05) is 0 Å². The fourth-order valence-corrected chi connectivity index (χ4v) is 7.04. The maximum absolute atomic E-state index is 16.1. The predicted octanol–water partition coefficient (Wildman–Crippen LogP) is 5.09. The topological polar surface area (TPSA) is 102 Å². The third-order valence-corrected chi connectivity index (χ3v) is 9.52. The Kier molecular flexibility index (Phi) is 8.47. The summed E-state index contributed by atoms with van der Waals surface area (Å²) >= 11 is 3.22. The first-order chi connectivity index (χ1) is 19.4. The summed E-state index contributed by atoms with van der Waals surface area (Å²) in [5.41, 5.74) is 6.26. The average Bonchev–Trinajstić information content (AvgIpc) is 3.22. The van der Waals surface area contributed by atoms with Crippen molar-refractivity contribution in [2.45, 2.75) is 67.3 Å². The minimum Gasteiger partial charge on any atom is -0.489 e. The molecule has 12 heteroatoms. The molecule has 3 atom stereocenters. The molecule has 218 valence electrons. The van der Waals surface area contributed by atoms with Crippen LogP contribution in [-0.4, -0.2) is 43.4 Å². The van der Waals surface area contributed by atoms with Crippen LogP contribution in [0.25, 0.3) is 0 Å². The van der Waals surface area contributed by atoms with Gasteiger partial charge in [0.1, 0.15) is 18.2 Å². The summed E-state index contributed by atoms with van der Waals surface area (Å²) in [7, 11) is -4.62. The zero-order chi connectivity index (χ0) is 29.4. The molecule has 2 unspecified atom stereocenters. The number of nitrogens with one attached hydrogen (secondary N) is 1. The van der Waals surface area contributed by atoms with E-state index in [1.165, 1.54) is 65.6 Å². The van der Waals surface area contributed by atoms with Crippen LogP contribution in [0.3, 0.4) is 0 Å². The SMILES string of the molecule is NC1CC2CCC(C1)N2C(=O)[C@@H](NS(=O)(=O)c1cccc(OCc2ccc(F)cc2)c1)C(F)(F)c1ccc(Br)cc1. The lowest BCUT2D eigenvalue weighted by Crippen LogP contribution is -2.60. The Balaban J connectivity index is 1.43. The Hall–Kier alpha value is -2.93. The molecule has 0 aliphatic carbocycles. The first kappa shape index (κ1) is 29.6. The largest absolute Gasteiger partial charge is 0.489 e. The maximum Gasteiger partial charge on any atom is 0.298 e. The number of alkyl halides is 2. The first-order valence-electron chi connectivity index (χ1n) is 13.2. The molecule has 2 saturated heterocycles. The number of halogens is 4. The number of ether oxygens (including phenoxy) is 1. The van der Waals surface area contributed by atoms with E-state index in [0.29, 0.717) is 35.7 Å². The highest BCUT2D eigenvalue weighted by atomic mass is 79.9. The van der Waals surface area contributed by atoms with Crippen LogP contribution in [0.1, 0.15) is 36.8 Å². The van der Waals surface area contributed by atoms with Gasteiger partial charge >= 0.3 is 0 Å². The van der Waals surface area contributed by atoms with Gasteiger partial charge in [0.05, 0.1) is 4.90 Å². The highest BCUT2D eigenvalue weighted by Crippen LogP contribution is 2.40. The monoisotopic (exact) mass is 651 g/mol. The van der Waals surface area contributed by atoms with Crippen molar-refractivity contribution in [1.82, 2.24) is 9.62 Å². The molecule has 0 saturated carbocycles. The van der Waals surface area contributed by atoms with E-state index in [1.54, 1.807) is 0 Å². The number of amides is 1. The van der Waals surface area contributed by atoms with Crippen molar-refractivity contribution in [1.29, 1.82) is 0 Å². The highest BCUT2D eigenvalue weighted by molar-refractivity contribution is 9.10. The Bertz CT molecular complexity index is 1490. The fraction of sp³-hybridized carbons (Fsp3) is 0.345. The molecule has 0 radical (unpaired) electrons. The van der Waals surface area contributed by atoms with E-state index in [9.17, 15) is 17.6 Å². The van der Waals surface area contributed by atoms with Gasteiger partial charge < -0.3 is 15.4 Å². The quantitative estimate of drug-likeness (QED) is 0.336. The third kappa shape index (κ3) is 6.45. The molecule has 3 aromatic carbocycles. The summed E-state index contributed by atoms with van der Waals surface area (Å²) in [6.07, 6.45) is 2.19. The van der Waals surface area contributed by atoms with Crippen molar-refractivity contribution in [2.24, 2.45) is 5.73 Å². The van der Waals surface area contributed by atoms with Gasteiger partial charge in [-0.15, -0.1) is 0 Å². The predicted molar refractivity (Wildman–Crippen MR) is 150 cm³/mol. The van der Waals surface area contributed by atoms with E-state index in [1.807, 2.05) is 4.72 Å². The highest BCUT2D eigenvalue weighted by Gasteiger charge is 2.53. The van der Waals surface area contributed by atoms with Crippen LogP contribution in [0.5, 0.6) is 5.75 Å². The maximum atomic E-state index is 16.1. The van der Waals surface area contributed by atoms with E-state index in [-0.39, 0.29) is 35.4 Å². The smallest absolute Gasteiger partial charge is 0.298 e. The van der Waals surface area contributed by atoms with E-state index < -0.39 is 39.3 Å². The van der Waals surface area contributed by atoms with Crippen molar-refractivity contribution >= 4 is 31.9 Å². The standard InChI is InChI=1S/C29H29BrF3N3O4S/c30-20-8-6-19(7-9-20)29(32,33)27(28(37)36-23-12-13-24(36)15-22(34)14-23)35-41(38,39)26-3-1-2-25(16-26)40-17-18-4-10-21(31)11-5-18/h1-11,16,22-24,27,35H,12-15,17,34H2/t22?,23?,24?,27-/m1/s1. The number of sulfonamides is 1. The lowest BCUT2D eigenvalue weighted by atomic mass is 9.95. The molecule has 2 aliphatic rings. The van der Waals surface area contributed by atoms with Gasteiger partial charge in [-0.2, -0.15) is 13.5 Å². The summed E-state index contributed by atoms with van der Waals surface area (Å²) < 4.78 is 80.7. The van der Waals surface area contributed by atoms with Crippen LogP contribution in [0.4, 0.5) is 13.2 Å². The molecular weight excluding hydrogens is 623 g/mol. The van der Waals surface area contributed by atoms with Gasteiger partial charge in [-0.05, 0) is 67.6 Å². The van der Waals surface area contributed by atoms with Gasteiger partial charge in [-0.25, -0.2) is 12.8 Å². The van der Waals surface area contributed by atoms with Gasteiger partial charge in [0, 0.05) is 34.2 Å². The lowest BCUT2D eigenvalue weighted by Gasteiger charge is -2.41. The number of rotatable bonds is 9. The van der Waals surface area contributed by atoms with Crippen LogP contribution < -0.4 is 15.2 Å². The van der Waals surface area contributed by atoms with Gasteiger partial charge in [-0.3, -0.25) is 4.79 Å². The van der Waals surface area contributed by atoms with E-state index >= 15 is 8.78 Å². The van der Waals surface area contributed by atoms with Gasteiger partial charge in [0.2, 0.25) is 15.9 Å². The summed E-state index contributed by atoms with van der Waals surface area (Å²) in [4.78, 5) is 14.9. The van der Waals surface area contributed by atoms with Crippen molar-refractivity contribution in [3.8, 4) is 5.75 Å². The third-order valence-electron chi connectivity index (χ3n) is 7.57. The second-order valence-electron chi connectivity index (χ2n) is 10.4. The summed E-state index contributed by atoms with van der Waals surface area (Å²) in [6.45, 7) is 0.0276. The summed E-state index contributed by atoms with van der Waals surface area (Å²) in [5, 5.41) is 0. The molecule has 0 spiro atoms. The Labute approximate surface area is 245 Å². The van der Waals surface area contributed by atoms with Gasteiger partial charge in [0.15, 0.2) is 6.04 Å². The lowest BCUT2D eigenvalue weighted by molar-refractivity contribution is -0.149. The number of benzene rings is 3. The molecule has 2 aliphatic heterocycles. The van der Waals surface area contributed by atoms with E-state index in [0.717, 1.165) is 12.1 Å². The Morgan fingerprint density at radius 1 is 1.05 bits per heavy atom. The zero-order valence-electron chi connectivity index (χ0n) is 21.9. The van der Waals surface area contributed by atoms with Crippen molar-refractivity contribution in [3.63, 3.8) is 0 Å². The molecule has 2 heterocycles. The Morgan fingerprint density at radius 2 is 1.68 bits per heavy atom. The number of nitrogens with two attached hydrogens (primary N) is 1. The zero-order valence-corrected chi connectivity index (χ0v) is 24.3. The van der Waals surface area contributed by atoms with Crippen molar-refractivity contribution in [3.05, 3.63) is 94.2 Å². The van der Waals surface area contributed by atoms with Gasteiger partial charge in [-0.1, -0.05) is 46.3 Å². The van der Waals surface area contributed by atoms with E-state index in [2.05, 4.69) is 15.9 Å². The molecule has 41 heavy (non-hydrogen) atoms.